The molecule has 1 heterocycles. The molecule has 1 aliphatic rings. The highest BCUT2D eigenvalue weighted by molar-refractivity contribution is 6.45. The molecule has 0 aromatic heterocycles. The van der Waals surface area contributed by atoms with Crippen molar-refractivity contribution in [1.29, 1.82) is 10.7 Å². The van der Waals surface area contributed by atoms with Crippen LogP contribution in [0.1, 0.15) is 19.4 Å². The number of benzene rings is 1. The number of fused-ring (bicyclic) bond motifs is 1. The number of nitriles is 1. The van der Waals surface area contributed by atoms with Gasteiger partial charge in [-0.3, -0.25) is 15.6 Å². The van der Waals surface area contributed by atoms with Crippen LogP contribution in [-0.4, -0.2) is 23.5 Å². The molecule has 7 nitrogen and oxygen atoms in total. The molecule has 0 aliphatic carbocycles. The first-order valence-electron chi connectivity index (χ1n) is 6.45. The molecule has 1 amide bonds. The van der Waals surface area contributed by atoms with Crippen LogP contribution < -0.4 is 16.1 Å². The fourth-order valence-electron chi connectivity index (χ4n) is 2.45. The molecule has 0 bridgehead atoms. The lowest BCUT2D eigenvalue weighted by Crippen LogP contribution is -2.33. The van der Waals surface area contributed by atoms with Crippen molar-refractivity contribution in [3.63, 3.8) is 0 Å². The minimum atomic E-state index is -0.387. The molecule has 1 atom stereocenters. The van der Waals surface area contributed by atoms with E-state index in [9.17, 15) is 4.79 Å². The van der Waals surface area contributed by atoms with E-state index in [-0.39, 0.29) is 23.5 Å². The molecular formula is C14H16N6O. The number of carbonyl (C=O) groups excluding carboxylic acids is 1. The summed E-state index contributed by atoms with van der Waals surface area (Å²) in [5.74, 6) is -0.370. The lowest BCUT2D eigenvalue weighted by molar-refractivity contribution is -0.116. The number of nitrogens with two attached hydrogens (primary N) is 1. The van der Waals surface area contributed by atoms with Gasteiger partial charge in [-0.1, -0.05) is 0 Å². The molecule has 1 aliphatic heterocycles. The van der Waals surface area contributed by atoms with E-state index >= 15 is 0 Å². The van der Waals surface area contributed by atoms with Crippen molar-refractivity contribution < 1.29 is 4.79 Å². The summed E-state index contributed by atoms with van der Waals surface area (Å²) in [6.07, 6.45) is 0.770. The van der Waals surface area contributed by atoms with E-state index in [2.05, 4.69) is 10.5 Å². The third-order valence-corrected chi connectivity index (χ3v) is 3.29. The third-order valence-electron chi connectivity index (χ3n) is 3.29. The van der Waals surface area contributed by atoms with Crippen LogP contribution in [0.4, 0.5) is 11.4 Å². The predicted molar refractivity (Wildman–Crippen MR) is 81.4 cm³/mol. The van der Waals surface area contributed by atoms with Crippen LogP contribution in [-0.2, 0) is 11.2 Å². The SMILES string of the molecule is CC(=O)N1c2ccc(N/N=C(\C#N)C(=N)N)cc2CC1C. The van der Waals surface area contributed by atoms with Crippen molar-refractivity contribution >= 4 is 28.8 Å². The molecule has 0 fully saturated rings. The van der Waals surface area contributed by atoms with Gasteiger partial charge in [-0.15, -0.1) is 0 Å². The van der Waals surface area contributed by atoms with E-state index in [1.54, 1.807) is 24.0 Å². The summed E-state index contributed by atoms with van der Waals surface area (Å²) < 4.78 is 0. The second kappa shape index (κ2) is 5.63. The number of carbonyl (C=O) groups is 1. The van der Waals surface area contributed by atoms with Gasteiger partial charge in [0.25, 0.3) is 0 Å². The Balaban J connectivity index is 2.25. The number of hydrogen-bond donors (Lipinski definition) is 3. The molecule has 7 heteroatoms. The van der Waals surface area contributed by atoms with Gasteiger partial charge in [-0.05, 0) is 37.1 Å². The summed E-state index contributed by atoms with van der Waals surface area (Å²) >= 11 is 0. The standard InChI is InChI=1S/C14H16N6O/c1-8-5-10-6-11(18-19-12(7-15)14(16)17)3-4-13(10)20(8)9(2)21/h3-4,6,8,18H,5H2,1-2H3,(H3,16,17)/b19-12+. The highest BCUT2D eigenvalue weighted by Gasteiger charge is 2.28. The van der Waals surface area contributed by atoms with Crippen LogP contribution >= 0.6 is 0 Å². The van der Waals surface area contributed by atoms with Gasteiger partial charge >= 0.3 is 0 Å². The average Bonchev–Trinajstić information content (AvgIpc) is 2.74. The van der Waals surface area contributed by atoms with Gasteiger partial charge in [-0.2, -0.15) is 10.4 Å². The Morgan fingerprint density at radius 2 is 2.33 bits per heavy atom. The summed E-state index contributed by atoms with van der Waals surface area (Å²) in [6.45, 7) is 3.55. The number of hydrogen-bond acceptors (Lipinski definition) is 5. The molecule has 21 heavy (non-hydrogen) atoms. The molecular weight excluding hydrogens is 268 g/mol. The number of nitrogens with one attached hydrogen (secondary N) is 2. The van der Waals surface area contributed by atoms with E-state index in [4.69, 9.17) is 16.4 Å². The Bertz CT molecular complexity index is 673. The lowest BCUT2D eigenvalue weighted by Gasteiger charge is -2.20. The van der Waals surface area contributed by atoms with Crippen LogP contribution in [0.3, 0.4) is 0 Å². The van der Waals surface area contributed by atoms with Crippen LogP contribution in [0.5, 0.6) is 0 Å². The summed E-state index contributed by atoms with van der Waals surface area (Å²) in [7, 11) is 0. The zero-order chi connectivity index (χ0) is 15.6. The van der Waals surface area contributed by atoms with Gasteiger partial charge in [0.15, 0.2) is 5.84 Å². The fraction of sp³-hybridized carbons (Fsp3) is 0.286. The maximum Gasteiger partial charge on any atom is 0.224 e. The van der Waals surface area contributed by atoms with E-state index in [1.165, 1.54) is 0 Å². The minimum Gasteiger partial charge on any atom is -0.382 e. The van der Waals surface area contributed by atoms with Crippen molar-refractivity contribution in [3.05, 3.63) is 23.8 Å². The number of amidine groups is 1. The first-order valence-corrected chi connectivity index (χ1v) is 6.45. The Labute approximate surface area is 122 Å². The van der Waals surface area contributed by atoms with Gasteiger partial charge in [0.05, 0.1) is 5.69 Å². The number of rotatable bonds is 3. The predicted octanol–water partition coefficient (Wildman–Crippen LogP) is 1.21. The summed E-state index contributed by atoms with van der Waals surface area (Å²) in [5.41, 5.74) is 10.4. The van der Waals surface area contributed by atoms with Gasteiger partial charge in [0, 0.05) is 18.7 Å². The molecule has 1 aromatic carbocycles. The average molecular weight is 284 g/mol. The van der Waals surface area contributed by atoms with Crippen molar-refractivity contribution in [1.82, 2.24) is 0 Å². The second-order valence-electron chi connectivity index (χ2n) is 4.88. The van der Waals surface area contributed by atoms with Gasteiger partial charge in [0.1, 0.15) is 6.07 Å². The molecule has 1 unspecified atom stereocenters. The quantitative estimate of drug-likeness (QED) is 0.439. The zero-order valence-electron chi connectivity index (χ0n) is 11.8. The zero-order valence-corrected chi connectivity index (χ0v) is 11.8. The molecule has 0 saturated heterocycles. The van der Waals surface area contributed by atoms with Gasteiger partial charge in [0.2, 0.25) is 11.6 Å². The van der Waals surface area contributed by atoms with E-state index in [1.807, 2.05) is 19.1 Å². The monoisotopic (exact) mass is 284 g/mol. The second-order valence-corrected chi connectivity index (χ2v) is 4.88. The highest BCUT2D eigenvalue weighted by Crippen LogP contribution is 2.34. The molecule has 108 valence electrons. The third kappa shape index (κ3) is 2.84. The van der Waals surface area contributed by atoms with Crippen molar-refractivity contribution in [2.75, 3.05) is 10.3 Å². The minimum absolute atomic E-state index is 0.0170. The summed E-state index contributed by atoms with van der Waals surface area (Å²) in [5, 5.41) is 19.7. The molecule has 0 radical (unpaired) electrons. The fourth-order valence-corrected chi connectivity index (χ4v) is 2.45. The number of amides is 1. The highest BCUT2D eigenvalue weighted by atomic mass is 16.2. The Kier molecular flexibility index (Phi) is 3.89. The molecule has 0 spiro atoms. The normalized spacial score (nSPS) is 17.1. The van der Waals surface area contributed by atoms with Gasteiger partial charge < -0.3 is 10.6 Å². The maximum atomic E-state index is 11.6. The molecule has 0 saturated carbocycles. The molecule has 4 N–H and O–H groups in total. The van der Waals surface area contributed by atoms with E-state index in [0.717, 1.165) is 17.7 Å². The first kappa shape index (κ1) is 14.5. The largest absolute Gasteiger partial charge is 0.382 e. The Hall–Kier alpha value is -2.88. The van der Waals surface area contributed by atoms with Gasteiger partial charge in [-0.25, -0.2) is 0 Å². The maximum absolute atomic E-state index is 11.6. The van der Waals surface area contributed by atoms with Crippen molar-refractivity contribution in [2.45, 2.75) is 26.3 Å². The van der Waals surface area contributed by atoms with Crippen LogP contribution in [0.25, 0.3) is 0 Å². The topological polar surface area (TPSA) is 118 Å². The lowest BCUT2D eigenvalue weighted by atomic mass is 10.1. The number of hydrazone groups is 1. The van der Waals surface area contributed by atoms with E-state index < -0.39 is 0 Å². The molecule has 2 rings (SSSR count). The van der Waals surface area contributed by atoms with Crippen molar-refractivity contribution in [3.8, 4) is 6.07 Å². The summed E-state index contributed by atoms with van der Waals surface area (Å²) in [6, 6.07) is 7.36. The van der Waals surface area contributed by atoms with Crippen molar-refractivity contribution in [2.24, 2.45) is 10.8 Å². The number of anilines is 2. The van der Waals surface area contributed by atoms with Crippen LogP contribution in [0.2, 0.25) is 0 Å². The first-order chi connectivity index (χ1) is 9.93. The number of nitrogens with zero attached hydrogens (tertiary/aromatic N) is 3. The summed E-state index contributed by atoms with van der Waals surface area (Å²) in [4.78, 5) is 13.4. The Morgan fingerprint density at radius 3 is 2.90 bits per heavy atom. The van der Waals surface area contributed by atoms with Crippen LogP contribution in [0, 0.1) is 16.7 Å². The van der Waals surface area contributed by atoms with E-state index in [0.29, 0.717) is 5.69 Å². The van der Waals surface area contributed by atoms with Crippen LogP contribution in [0.15, 0.2) is 23.3 Å². The smallest absolute Gasteiger partial charge is 0.224 e. The Morgan fingerprint density at radius 1 is 1.62 bits per heavy atom. The molecule has 1 aromatic rings.